The summed E-state index contributed by atoms with van der Waals surface area (Å²) in [5, 5.41) is 1.98. The Morgan fingerprint density at radius 2 is 2.23 bits per heavy atom. The lowest BCUT2D eigenvalue weighted by Crippen LogP contribution is -2.27. The number of hydrazine groups is 1. The van der Waals surface area contributed by atoms with Crippen LogP contribution in [0.1, 0.15) is 5.56 Å². The highest BCUT2D eigenvalue weighted by Gasteiger charge is 2.10. The van der Waals surface area contributed by atoms with Crippen LogP contribution in [0, 0.1) is 0 Å². The van der Waals surface area contributed by atoms with Crippen LogP contribution in [0.2, 0.25) is 0 Å². The second-order valence-electron chi connectivity index (χ2n) is 4.55. The predicted octanol–water partition coefficient (Wildman–Crippen LogP) is 3.12. The number of carbonyl (C=O) groups excluding carboxylic acids is 1. The van der Waals surface area contributed by atoms with E-state index in [4.69, 9.17) is 10.3 Å². The van der Waals surface area contributed by atoms with Gasteiger partial charge in [-0.3, -0.25) is 10.2 Å². The molecule has 0 aliphatic carbocycles. The number of nitrogens with zero attached hydrogens (tertiary/aromatic N) is 1. The maximum absolute atomic E-state index is 11.1. The third kappa shape index (κ3) is 2.83. The zero-order chi connectivity index (χ0) is 15.5. The van der Waals surface area contributed by atoms with Gasteiger partial charge in [-0.15, -0.1) is 11.3 Å². The highest BCUT2D eigenvalue weighted by atomic mass is 32.1. The second kappa shape index (κ2) is 5.97. The minimum atomic E-state index is -0.387. The monoisotopic (exact) mass is 311 g/mol. The van der Waals surface area contributed by atoms with Gasteiger partial charge in [-0.05, 0) is 40.8 Å². The highest BCUT2D eigenvalue weighted by Crippen LogP contribution is 2.29. The van der Waals surface area contributed by atoms with Gasteiger partial charge in [-0.2, -0.15) is 0 Å². The van der Waals surface area contributed by atoms with Gasteiger partial charge in [0.1, 0.15) is 5.52 Å². The van der Waals surface area contributed by atoms with E-state index in [0.717, 1.165) is 16.0 Å². The lowest BCUT2D eigenvalue weighted by molar-refractivity contribution is -0.116. The lowest BCUT2D eigenvalue weighted by atomic mass is 10.1. The van der Waals surface area contributed by atoms with Gasteiger partial charge in [-0.1, -0.05) is 18.7 Å². The molecule has 3 N–H and O–H groups in total. The fraction of sp³-hybridized carbons (Fsp3) is 0. The van der Waals surface area contributed by atoms with Crippen LogP contribution in [-0.4, -0.2) is 10.9 Å². The number of benzene rings is 1. The molecule has 1 aromatic carbocycles. The summed E-state index contributed by atoms with van der Waals surface area (Å²) < 4.78 is 5.78. The molecule has 0 aliphatic heterocycles. The molecule has 0 unspecified atom stereocenters. The molecular formula is C16H13N3O2S. The minimum Gasteiger partial charge on any atom is -0.435 e. The number of fused-ring (bicyclic) bond motifs is 1. The van der Waals surface area contributed by atoms with Gasteiger partial charge in [0.05, 0.1) is 4.88 Å². The van der Waals surface area contributed by atoms with Crippen LogP contribution in [-0.2, 0) is 4.79 Å². The van der Waals surface area contributed by atoms with Gasteiger partial charge < -0.3 is 4.42 Å². The van der Waals surface area contributed by atoms with Gasteiger partial charge in [0, 0.05) is 6.08 Å². The number of allylic oxidation sites excluding steroid dienone is 2. The van der Waals surface area contributed by atoms with Crippen LogP contribution in [0.3, 0.4) is 0 Å². The standard InChI is InChI=1S/C16H13N3O2S/c1-10(4-7-15(20)19-17)11-5-6-12-13(9-11)21-16(18-12)14-3-2-8-22-14/h2-9H,1,17H2,(H,19,20)/b7-4-. The molecule has 0 bridgehead atoms. The Labute approximate surface area is 130 Å². The summed E-state index contributed by atoms with van der Waals surface area (Å²) in [5.74, 6) is 5.23. The van der Waals surface area contributed by atoms with Crippen molar-refractivity contribution in [3.8, 4) is 10.8 Å². The van der Waals surface area contributed by atoms with E-state index < -0.39 is 0 Å². The number of aromatic nitrogens is 1. The van der Waals surface area contributed by atoms with Crippen LogP contribution < -0.4 is 11.3 Å². The van der Waals surface area contributed by atoms with Gasteiger partial charge in [0.25, 0.3) is 5.91 Å². The molecule has 0 atom stereocenters. The van der Waals surface area contributed by atoms with Crippen LogP contribution in [0.4, 0.5) is 0 Å². The number of thiophene rings is 1. The van der Waals surface area contributed by atoms with Gasteiger partial charge >= 0.3 is 0 Å². The summed E-state index contributed by atoms with van der Waals surface area (Å²) in [7, 11) is 0. The molecular weight excluding hydrogens is 298 g/mol. The first-order valence-corrected chi connectivity index (χ1v) is 7.38. The summed E-state index contributed by atoms with van der Waals surface area (Å²) >= 11 is 1.57. The summed E-state index contributed by atoms with van der Waals surface area (Å²) in [5.41, 5.74) is 5.02. The van der Waals surface area contributed by atoms with Crippen molar-refractivity contribution in [2.24, 2.45) is 5.84 Å². The normalized spacial score (nSPS) is 11.1. The van der Waals surface area contributed by atoms with Gasteiger partial charge in [0.15, 0.2) is 5.58 Å². The van der Waals surface area contributed by atoms with E-state index >= 15 is 0 Å². The van der Waals surface area contributed by atoms with Crippen molar-refractivity contribution in [1.82, 2.24) is 10.4 Å². The van der Waals surface area contributed by atoms with E-state index in [1.54, 1.807) is 17.4 Å². The molecule has 22 heavy (non-hydrogen) atoms. The Balaban J connectivity index is 1.91. The number of amides is 1. The van der Waals surface area contributed by atoms with Crippen LogP contribution in [0.15, 0.2) is 58.9 Å². The van der Waals surface area contributed by atoms with Crippen molar-refractivity contribution in [1.29, 1.82) is 0 Å². The molecule has 0 saturated carbocycles. The number of rotatable bonds is 4. The molecule has 110 valence electrons. The molecule has 5 nitrogen and oxygen atoms in total. The first kappa shape index (κ1) is 14.2. The Morgan fingerprint density at radius 1 is 1.36 bits per heavy atom. The van der Waals surface area contributed by atoms with E-state index in [9.17, 15) is 4.79 Å². The van der Waals surface area contributed by atoms with Crippen LogP contribution in [0.25, 0.3) is 27.4 Å². The van der Waals surface area contributed by atoms with Crippen molar-refractivity contribution < 1.29 is 9.21 Å². The average Bonchev–Trinajstić information content (AvgIpc) is 3.19. The average molecular weight is 311 g/mol. The lowest BCUT2D eigenvalue weighted by Gasteiger charge is -1.99. The molecule has 3 rings (SSSR count). The molecule has 0 radical (unpaired) electrons. The van der Waals surface area contributed by atoms with Gasteiger partial charge in [-0.25, -0.2) is 10.8 Å². The Morgan fingerprint density at radius 3 is 2.95 bits per heavy atom. The number of oxazole rings is 1. The molecule has 3 aromatic rings. The maximum atomic E-state index is 11.1. The minimum absolute atomic E-state index is 0.387. The van der Waals surface area contributed by atoms with E-state index in [-0.39, 0.29) is 5.91 Å². The van der Waals surface area contributed by atoms with Crippen molar-refractivity contribution in [3.63, 3.8) is 0 Å². The Kier molecular flexibility index (Phi) is 3.86. The number of nitrogens with two attached hydrogens (primary N) is 1. The molecule has 1 amide bonds. The Bertz CT molecular complexity index is 863. The number of nitrogens with one attached hydrogen (secondary N) is 1. The molecule has 0 fully saturated rings. The quantitative estimate of drug-likeness (QED) is 0.255. The van der Waals surface area contributed by atoms with Crippen LogP contribution >= 0.6 is 11.3 Å². The summed E-state index contributed by atoms with van der Waals surface area (Å²) in [6.07, 6.45) is 2.92. The molecule has 2 aromatic heterocycles. The molecule has 2 heterocycles. The SMILES string of the molecule is C=C(/C=C\C(=O)NN)c1ccc2nc(-c3cccs3)oc2c1. The first-order valence-electron chi connectivity index (χ1n) is 6.50. The van der Waals surface area contributed by atoms with E-state index in [0.29, 0.717) is 17.0 Å². The second-order valence-corrected chi connectivity index (χ2v) is 5.49. The van der Waals surface area contributed by atoms with Gasteiger partial charge in [0.2, 0.25) is 5.89 Å². The molecule has 0 saturated heterocycles. The van der Waals surface area contributed by atoms with Crippen LogP contribution in [0.5, 0.6) is 0 Å². The molecule has 0 aliphatic rings. The largest absolute Gasteiger partial charge is 0.435 e. The number of carbonyl (C=O) groups is 1. The Hall–Kier alpha value is -2.70. The third-order valence-corrected chi connectivity index (χ3v) is 3.93. The zero-order valence-corrected chi connectivity index (χ0v) is 12.4. The highest BCUT2D eigenvalue weighted by molar-refractivity contribution is 7.13. The smallest absolute Gasteiger partial charge is 0.257 e. The summed E-state index contributed by atoms with van der Waals surface area (Å²) in [4.78, 5) is 16.5. The maximum Gasteiger partial charge on any atom is 0.257 e. The third-order valence-electron chi connectivity index (χ3n) is 3.07. The molecule has 6 heteroatoms. The van der Waals surface area contributed by atoms with Crippen molar-refractivity contribution in [2.75, 3.05) is 0 Å². The fourth-order valence-electron chi connectivity index (χ4n) is 1.95. The van der Waals surface area contributed by atoms with Crippen molar-refractivity contribution in [3.05, 3.63) is 60.0 Å². The topological polar surface area (TPSA) is 81.2 Å². The van der Waals surface area contributed by atoms with E-state index in [2.05, 4.69) is 11.6 Å². The molecule has 0 spiro atoms. The first-order chi connectivity index (χ1) is 10.7. The van der Waals surface area contributed by atoms with E-state index in [1.165, 1.54) is 6.08 Å². The van der Waals surface area contributed by atoms with Crippen molar-refractivity contribution in [2.45, 2.75) is 0 Å². The van der Waals surface area contributed by atoms with E-state index in [1.807, 2.05) is 41.1 Å². The van der Waals surface area contributed by atoms with Crippen molar-refractivity contribution >= 4 is 33.9 Å². The number of hydrogen-bond donors (Lipinski definition) is 2. The number of hydrogen-bond acceptors (Lipinski definition) is 5. The fourth-order valence-corrected chi connectivity index (χ4v) is 2.60. The zero-order valence-electron chi connectivity index (χ0n) is 11.6. The predicted molar refractivity (Wildman–Crippen MR) is 87.8 cm³/mol. The summed E-state index contributed by atoms with van der Waals surface area (Å²) in [6.45, 7) is 3.93. The summed E-state index contributed by atoms with van der Waals surface area (Å²) in [6, 6.07) is 9.52.